The Morgan fingerprint density at radius 2 is 1.81 bits per heavy atom. The summed E-state index contributed by atoms with van der Waals surface area (Å²) in [6.45, 7) is 3.99. The normalized spacial score (nSPS) is 15.7. The van der Waals surface area contributed by atoms with Crippen molar-refractivity contribution in [1.29, 1.82) is 0 Å². The predicted octanol–water partition coefficient (Wildman–Crippen LogP) is 4.51. The van der Waals surface area contributed by atoms with Crippen LogP contribution in [0.4, 0.5) is 4.39 Å². The first-order valence-electron chi connectivity index (χ1n) is 9.12. The Hall–Kier alpha value is -2.50. The molecule has 1 aromatic heterocycles. The van der Waals surface area contributed by atoms with Crippen LogP contribution in [0.3, 0.4) is 0 Å². The van der Waals surface area contributed by atoms with Crippen molar-refractivity contribution >= 4 is 33.4 Å². The van der Waals surface area contributed by atoms with Gasteiger partial charge in [0.05, 0.1) is 4.88 Å². The van der Waals surface area contributed by atoms with Gasteiger partial charge in [0.25, 0.3) is 5.91 Å². The van der Waals surface area contributed by atoms with Gasteiger partial charge in [0.15, 0.2) is 0 Å². The van der Waals surface area contributed by atoms with Crippen molar-refractivity contribution in [2.45, 2.75) is 0 Å². The predicted molar refractivity (Wildman–Crippen MR) is 110 cm³/mol. The third-order valence-electron chi connectivity index (χ3n) is 4.85. The van der Waals surface area contributed by atoms with E-state index < -0.39 is 0 Å². The third kappa shape index (κ3) is 4.10. The molecule has 2 aromatic carbocycles. The van der Waals surface area contributed by atoms with Crippen LogP contribution < -0.4 is 0 Å². The second kappa shape index (κ2) is 8.03. The molecule has 1 amide bonds. The summed E-state index contributed by atoms with van der Waals surface area (Å²) < 4.78 is 14.7. The van der Waals surface area contributed by atoms with Gasteiger partial charge < -0.3 is 4.90 Å². The highest BCUT2D eigenvalue weighted by Crippen LogP contribution is 2.28. The van der Waals surface area contributed by atoms with Crippen LogP contribution in [0.2, 0.25) is 0 Å². The van der Waals surface area contributed by atoms with E-state index in [1.165, 1.54) is 23.0 Å². The zero-order chi connectivity index (χ0) is 18.6. The molecule has 5 heteroatoms. The minimum absolute atomic E-state index is 0.00933. The van der Waals surface area contributed by atoms with Crippen LogP contribution in [-0.4, -0.2) is 48.4 Å². The topological polar surface area (TPSA) is 23.6 Å². The van der Waals surface area contributed by atoms with Gasteiger partial charge in [-0.05, 0) is 23.8 Å². The number of benzene rings is 2. The number of carbonyl (C=O) groups excluding carboxylic acids is 1. The van der Waals surface area contributed by atoms with E-state index in [-0.39, 0.29) is 11.7 Å². The van der Waals surface area contributed by atoms with Crippen molar-refractivity contribution in [1.82, 2.24) is 9.80 Å². The first kappa shape index (κ1) is 17.9. The summed E-state index contributed by atoms with van der Waals surface area (Å²) in [5, 5.41) is 0.538. The lowest BCUT2D eigenvalue weighted by atomic mass is 10.2. The quantitative estimate of drug-likeness (QED) is 0.665. The summed E-state index contributed by atoms with van der Waals surface area (Å²) in [4.78, 5) is 17.6. The maximum atomic E-state index is 13.9. The summed E-state index contributed by atoms with van der Waals surface area (Å²) >= 11 is 1.37. The number of fused-ring (bicyclic) bond motifs is 1. The van der Waals surface area contributed by atoms with Gasteiger partial charge in [-0.1, -0.05) is 48.6 Å². The molecule has 3 aromatic rings. The summed E-state index contributed by atoms with van der Waals surface area (Å²) in [7, 11) is 0. The number of rotatable bonds is 4. The van der Waals surface area contributed by atoms with Crippen LogP contribution in [0.1, 0.15) is 15.2 Å². The maximum Gasteiger partial charge on any atom is 0.264 e. The van der Waals surface area contributed by atoms with Gasteiger partial charge >= 0.3 is 0 Å². The second-order valence-electron chi connectivity index (χ2n) is 6.67. The monoisotopic (exact) mass is 380 g/mol. The molecular formula is C22H21FN2OS. The van der Waals surface area contributed by atoms with Crippen LogP contribution >= 0.6 is 11.3 Å². The molecule has 1 saturated heterocycles. The molecule has 0 unspecified atom stereocenters. The van der Waals surface area contributed by atoms with E-state index in [0.29, 0.717) is 23.4 Å². The average Bonchev–Trinajstić information content (AvgIpc) is 3.15. The number of hydrogen-bond acceptors (Lipinski definition) is 3. The molecule has 0 bridgehead atoms. The first-order valence-corrected chi connectivity index (χ1v) is 9.93. The third-order valence-corrected chi connectivity index (χ3v) is 5.94. The summed E-state index contributed by atoms with van der Waals surface area (Å²) in [6, 6.07) is 16.9. The maximum absolute atomic E-state index is 13.9. The van der Waals surface area contributed by atoms with Crippen molar-refractivity contribution in [3.05, 3.63) is 76.9 Å². The van der Waals surface area contributed by atoms with Gasteiger partial charge in [-0.2, -0.15) is 0 Å². The minimum atomic E-state index is -0.266. The fourth-order valence-corrected chi connectivity index (χ4v) is 4.37. The Balaban J connectivity index is 1.33. The zero-order valence-electron chi connectivity index (χ0n) is 15.0. The van der Waals surface area contributed by atoms with Gasteiger partial charge in [-0.15, -0.1) is 11.3 Å². The largest absolute Gasteiger partial charge is 0.335 e. The van der Waals surface area contributed by atoms with Crippen LogP contribution in [0.25, 0.3) is 16.2 Å². The average molecular weight is 380 g/mol. The molecule has 3 nitrogen and oxygen atoms in total. The number of carbonyl (C=O) groups is 1. The first-order chi connectivity index (χ1) is 13.2. The van der Waals surface area contributed by atoms with E-state index >= 15 is 0 Å². The van der Waals surface area contributed by atoms with E-state index in [4.69, 9.17) is 0 Å². The van der Waals surface area contributed by atoms with Gasteiger partial charge in [0.1, 0.15) is 5.82 Å². The Kier molecular flexibility index (Phi) is 5.32. The Morgan fingerprint density at radius 3 is 2.56 bits per heavy atom. The highest BCUT2D eigenvalue weighted by Gasteiger charge is 2.23. The lowest BCUT2D eigenvalue weighted by molar-refractivity contribution is 0.0655. The SMILES string of the molecule is O=C(c1cc2c(F)cccc2s1)N1CCN(C/C=C/c2ccccc2)CC1. The van der Waals surface area contributed by atoms with Crippen molar-refractivity contribution in [3.63, 3.8) is 0 Å². The fraction of sp³-hybridized carbons (Fsp3) is 0.227. The van der Waals surface area contributed by atoms with Crippen molar-refractivity contribution in [2.24, 2.45) is 0 Å². The lowest BCUT2D eigenvalue weighted by Gasteiger charge is -2.33. The standard InChI is InChI=1S/C22H21FN2OS/c23-19-9-4-10-20-18(19)16-21(27-20)22(26)25-14-12-24(13-15-25)11-5-8-17-6-2-1-3-7-17/h1-10,16H,11-15H2/b8-5+. The molecule has 2 heterocycles. The molecule has 0 saturated carbocycles. The van der Waals surface area contributed by atoms with E-state index in [1.54, 1.807) is 12.1 Å². The number of hydrogen-bond donors (Lipinski definition) is 0. The van der Waals surface area contributed by atoms with E-state index in [1.807, 2.05) is 29.2 Å². The van der Waals surface area contributed by atoms with Crippen LogP contribution in [-0.2, 0) is 0 Å². The van der Waals surface area contributed by atoms with E-state index in [2.05, 4.69) is 29.2 Å². The van der Waals surface area contributed by atoms with Gasteiger partial charge in [-0.3, -0.25) is 9.69 Å². The Morgan fingerprint density at radius 1 is 1.04 bits per heavy atom. The van der Waals surface area contributed by atoms with E-state index in [0.717, 1.165) is 24.3 Å². The van der Waals surface area contributed by atoms with Crippen molar-refractivity contribution < 1.29 is 9.18 Å². The Bertz CT molecular complexity index is 959. The summed E-state index contributed by atoms with van der Waals surface area (Å²) in [6.07, 6.45) is 4.30. The zero-order valence-corrected chi connectivity index (χ0v) is 15.8. The molecule has 27 heavy (non-hydrogen) atoms. The molecule has 1 aliphatic rings. The fourth-order valence-electron chi connectivity index (χ4n) is 3.32. The van der Waals surface area contributed by atoms with Gasteiger partial charge in [-0.25, -0.2) is 4.39 Å². The number of piperazine rings is 1. The Labute approximate surface area is 162 Å². The molecule has 138 valence electrons. The highest BCUT2D eigenvalue weighted by molar-refractivity contribution is 7.20. The molecule has 0 N–H and O–H groups in total. The summed E-state index contributed by atoms with van der Waals surface area (Å²) in [5.74, 6) is -0.257. The summed E-state index contributed by atoms with van der Waals surface area (Å²) in [5.41, 5.74) is 1.20. The smallest absolute Gasteiger partial charge is 0.264 e. The highest BCUT2D eigenvalue weighted by atomic mass is 32.1. The van der Waals surface area contributed by atoms with Crippen LogP contribution in [0, 0.1) is 5.82 Å². The molecular weight excluding hydrogens is 359 g/mol. The number of nitrogens with zero attached hydrogens (tertiary/aromatic N) is 2. The molecule has 4 rings (SSSR count). The lowest BCUT2D eigenvalue weighted by Crippen LogP contribution is -2.48. The molecule has 0 atom stereocenters. The number of thiophene rings is 1. The molecule has 1 aliphatic heterocycles. The van der Waals surface area contributed by atoms with Gasteiger partial charge in [0, 0.05) is 42.8 Å². The van der Waals surface area contributed by atoms with Crippen LogP contribution in [0.5, 0.6) is 0 Å². The van der Waals surface area contributed by atoms with Crippen LogP contribution in [0.15, 0.2) is 60.7 Å². The molecule has 0 radical (unpaired) electrons. The molecule has 0 spiro atoms. The minimum Gasteiger partial charge on any atom is -0.335 e. The number of amides is 1. The van der Waals surface area contributed by atoms with E-state index in [9.17, 15) is 9.18 Å². The molecule has 1 fully saturated rings. The second-order valence-corrected chi connectivity index (χ2v) is 7.75. The van der Waals surface area contributed by atoms with Crippen molar-refractivity contribution in [2.75, 3.05) is 32.7 Å². The molecule has 0 aliphatic carbocycles. The number of halogens is 1. The van der Waals surface area contributed by atoms with Crippen molar-refractivity contribution in [3.8, 4) is 0 Å². The van der Waals surface area contributed by atoms with Gasteiger partial charge in [0.2, 0.25) is 0 Å².